The highest BCUT2D eigenvalue weighted by Gasteiger charge is 2.34. The molecule has 0 spiro atoms. The van der Waals surface area contributed by atoms with E-state index in [0.29, 0.717) is 31.0 Å². The first-order valence-electron chi connectivity index (χ1n) is 8.67. The van der Waals surface area contributed by atoms with Crippen LogP contribution >= 0.6 is 0 Å². The number of amides is 1. The van der Waals surface area contributed by atoms with E-state index in [9.17, 15) is 13.2 Å². The van der Waals surface area contributed by atoms with Gasteiger partial charge in [0.25, 0.3) is 0 Å². The fourth-order valence-corrected chi connectivity index (χ4v) is 4.61. The molecule has 1 amide bonds. The lowest BCUT2D eigenvalue weighted by atomic mass is 9.98. The van der Waals surface area contributed by atoms with E-state index >= 15 is 0 Å². The molecule has 0 bridgehead atoms. The van der Waals surface area contributed by atoms with Crippen LogP contribution < -0.4 is 0 Å². The molecule has 1 saturated heterocycles. The zero-order valence-corrected chi connectivity index (χ0v) is 16.1. The van der Waals surface area contributed by atoms with Gasteiger partial charge in [0, 0.05) is 40.4 Å². The number of hydrogen-bond donors (Lipinski definition) is 0. The van der Waals surface area contributed by atoms with Crippen molar-refractivity contribution in [3.63, 3.8) is 0 Å². The normalized spacial score (nSPS) is 18.9. The third-order valence-corrected chi connectivity index (χ3v) is 6.49. The SMILES string of the molecule is COCCCN(C)C(=O)C1CCCN(S(=O)(=O)c2ccc(C)cc2)C1. The van der Waals surface area contributed by atoms with Crippen molar-refractivity contribution in [1.29, 1.82) is 0 Å². The summed E-state index contributed by atoms with van der Waals surface area (Å²) in [5.41, 5.74) is 1.02. The van der Waals surface area contributed by atoms with E-state index in [1.54, 1.807) is 43.3 Å². The van der Waals surface area contributed by atoms with Gasteiger partial charge in [0.2, 0.25) is 15.9 Å². The molecule has 1 aliphatic heterocycles. The van der Waals surface area contributed by atoms with Gasteiger partial charge in [0.15, 0.2) is 0 Å². The molecule has 25 heavy (non-hydrogen) atoms. The van der Waals surface area contributed by atoms with Gasteiger partial charge in [0.1, 0.15) is 0 Å². The molecule has 0 saturated carbocycles. The maximum absolute atomic E-state index is 12.8. The Morgan fingerprint density at radius 2 is 2.00 bits per heavy atom. The van der Waals surface area contributed by atoms with Crippen molar-refractivity contribution >= 4 is 15.9 Å². The van der Waals surface area contributed by atoms with Crippen molar-refractivity contribution in [2.24, 2.45) is 5.92 Å². The minimum absolute atomic E-state index is 0.0138. The van der Waals surface area contributed by atoms with Crippen molar-refractivity contribution in [3.8, 4) is 0 Å². The van der Waals surface area contributed by atoms with E-state index in [1.165, 1.54) is 4.31 Å². The fourth-order valence-electron chi connectivity index (χ4n) is 3.09. The molecule has 0 N–H and O–H groups in total. The van der Waals surface area contributed by atoms with Gasteiger partial charge in [-0.1, -0.05) is 17.7 Å². The Labute approximate surface area is 150 Å². The first-order chi connectivity index (χ1) is 11.9. The molecule has 0 aromatic heterocycles. The number of piperidine rings is 1. The van der Waals surface area contributed by atoms with E-state index in [-0.39, 0.29) is 18.4 Å². The van der Waals surface area contributed by atoms with Crippen LogP contribution in [0.2, 0.25) is 0 Å². The summed E-state index contributed by atoms with van der Waals surface area (Å²) in [4.78, 5) is 14.6. The Bertz CT molecular complexity index is 673. The van der Waals surface area contributed by atoms with Gasteiger partial charge in [-0.2, -0.15) is 4.31 Å². The summed E-state index contributed by atoms with van der Waals surface area (Å²) in [7, 11) is -0.144. The predicted molar refractivity (Wildman–Crippen MR) is 96.8 cm³/mol. The Kier molecular flexibility index (Phi) is 6.98. The van der Waals surface area contributed by atoms with Gasteiger partial charge in [-0.05, 0) is 38.3 Å². The monoisotopic (exact) mass is 368 g/mol. The fraction of sp³-hybridized carbons (Fsp3) is 0.611. The highest BCUT2D eigenvalue weighted by atomic mass is 32.2. The molecular formula is C18H28N2O4S. The molecule has 0 radical (unpaired) electrons. The van der Waals surface area contributed by atoms with E-state index in [1.807, 2.05) is 6.92 Å². The molecule has 1 unspecified atom stereocenters. The molecule has 6 nitrogen and oxygen atoms in total. The number of aryl methyl sites for hydroxylation is 1. The average molecular weight is 368 g/mol. The van der Waals surface area contributed by atoms with Crippen LogP contribution in [-0.2, 0) is 19.6 Å². The minimum atomic E-state index is -3.55. The molecule has 7 heteroatoms. The Hall–Kier alpha value is -1.44. The van der Waals surface area contributed by atoms with Gasteiger partial charge in [-0.15, -0.1) is 0 Å². The zero-order chi connectivity index (χ0) is 18.4. The number of nitrogens with zero attached hydrogens (tertiary/aromatic N) is 2. The standard InChI is InChI=1S/C18H28N2O4S/c1-15-7-9-17(10-8-15)25(22,23)20-12-4-6-16(14-20)18(21)19(2)11-5-13-24-3/h7-10,16H,4-6,11-14H2,1-3H3. The number of methoxy groups -OCH3 is 1. The summed E-state index contributed by atoms with van der Waals surface area (Å²) < 4.78 is 32.1. The topological polar surface area (TPSA) is 66.9 Å². The summed E-state index contributed by atoms with van der Waals surface area (Å²) in [5.74, 6) is -0.263. The second kappa shape index (κ2) is 8.78. The van der Waals surface area contributed by atoms with Crippen molar-refractivity contribution in [1.82, 2.24) is 9.21 Å². The predicted octanol–water partition coefficient (Wildman–Crippen LogP) is 1.89. The van der Waals surface area contributed by atoms with Crippen molar-refractivity contribution in [2.45, 2.75) is 31.1 Å². The lowest BCUT2D eigenvalue weighted by molar-refractivity contribution is -0.135. The highest BCUT2D eigenvalue weighted by molar-refractivity contribution is 7.89. The Morgan fingerprint density at radius 3 is 2.64 bits per heavy atom. The van der Waals surface area contributed by atoms with Crippen molar-refractivity contribution in [2.75, 3.05) is 40.4 Å². The van der Waals surface area contributed by atoms with E-state index in [2.05, 4.69) is 0 Å². The number of carbonyl (C=O) groups is 1. The van der Waals surface area contributed by atoms with Gasteiger partial charge < -0.3 is 9.64 Å². The largest absolute Gasteiger partial charge is 0.385 e. The molecule has 1 aromatic carbocycles. The lowest BCUT2D eigenvalue weighted by Crippen LogP contribution is -2.46. The molecule has 1 heterocycles. The molecule has 1 aromatic rings. The Morgan fingerprint density at radius 1 is 1.32 bits per heavy atom. The Balaban J connectivity index is 2.04. The molecule has 2 rings (SSSR count). The molecule has 1 fully saturated rings. The molecule has 140 valence electrons. The molecule has 0 aliphatic carbocycles. The van der Waals surface area contributed by atoms with Crippen LogP contribution in [0, 0.1) is 12.8 Å². The van der Waals surface area contributed by atoms with Crippen LogP contribution in [-0.4, -0.2) is 63.9 Å². The maximum atomic E-state index is 12.8. The molecule has 1 atom stereocenters. The third-order valence-electron chi connectivity index (χ3n) is 4.61. The molecule has 1 aliphatic rings. The van der Waals surface area contributed by atoms with Crippen LogP contribution in [0.25, 0.3) is 0 Å². The first kappa shape index (κ1) is 19.9. The second-order valence-corrected chi connectivity index (χ2v) is 8.56. The number of sulfonamides is 1. The number of rotatable bonds is 7. The van der Waals surface area contributed by atoms with E-state index < -0.39 is 10.0 Å². The third kappa shape index (κ3) is 5.03. The highest BCUT2D eigenvalue weighted by Crippen LogP contribution is 2.25. The van der Waals surface area contributed by atoms with Crippen LogP contribution in [0.15, 0.2) is 29.2 Å². The summed E-state index contributed by atoms with van der Waals surface area (Å²) >= 11 is 0. The van der Waals surface area contributed by atoms with E-state index in [4.69, 9.17) is 4.74 Å². The van der Waals surface area contributed by atoms with Gasteiger partial charge in [-0.3, -0.25) is 4.79 Å². The van der Waals surface area contributed by atoms with Crippen molar-refractivity contribution < 1.29 is 17.9 Å². The maximum Gasteiger partial charge on any atom is 0.243 e. The summed E-state index contributed by atoms with van der Waals surface area (Å²) in [5, 5.41) is 0. The lowest BCUT2D eigenvalue weighted by Gasteiger charge is -2.33. The summed E-state index contributed by atoms with van der Waals surface area (Å²) in [6, 6.07) is 6.85. The quantitative estimate of drug-likeness (QED) is 0.690. The van der Waals surface area contributed by atoms with Crippen molar-refractivity contribution in [3.05, 3.63) is 29.8 Å². The zero-order valence-electron chi connectivity index (χ0n) is 15.3. The van der Waals surface area contributed by atoms with Gasteiger partial charge in [0.05, 0.1) is 10.8 Å². The van der Waals surface area contributed by atoms with Crippen LogP contribution in [0.1, 0.15) is 24.8 Å². The summed E-state index contributed by atoms with van der Waals surface area (Å²) in [6.07, 6.45) is 2.21. The number of carbonyl (C=O) groups excluding carboxylic acids is 1. The van der Waals surface area contributed by atoms with Crippen LogP contribution in [0.4, 0.5) is 0 Å². The molecular weight excluding hydrogens is 340 g/mol. The van der Waals surface area contributed by atoms with Gasteiger partial charge >= 0.3 is 0 Å². The minimum Gasteiger partial charge on any atom is -0.385 e. The van der Waals surface area contributed by atoms with E-state index in [0.717, 1.165) is 18.4 Å². The van der Waals surface area contributed by atoms with Crippen LogP contribution in [0.5, 0.6) is 0 Å². The number of hydrogen-bond acceptors (Lipinski definition) is 4. The number of benzene rings is 1. The van der Waals surface area contributed by atoms with Crippen LogP contribution in [0.3, 0.4) is 0 Å². The van der Waals surface area contributed by atoms with Gasteiger partial charge in [-0.25, -0.2) is 8.42 Å². The number of ether oxygens (including phenoxy) is 1. The smallest absolute Gasteiger partial charge is 0.243 e. The first-order valence-corrected chi connectivity index (χ1v) is 10.1. The average Bonchev–Trinajstić information content (AvgIpc) is 2.61. The second-order valence-electron chi connectivity index (χ2n) is 6.62. The summed E-state index contributed by atoms with van der Waals surface area (Å²) in [6.45, 7) is 3.87.